The first-order valence-corrected chi connectivity index (χ1v) is 8.93. The Morgan fingerprint density at radius 3 is 2.16 bits per heavy atom. The van der Waals surface area contributed by atoms with Gasteiger partial charge in [0.15, 0.2) is 6.61 Å². The van der Waals surface area contributed by atoms with Crippen LogP contribution in [0.15, 0.2) is 0 Å². The molecule has 0 saturated heterocycles. The van der Waals surface area contributed by atoms with Gasteiger partial charge in [-0.05, 0) is 56.3 Å². The maximum atomic E-state index is 13.2. The Morgan fingerprint density at radius 1 is 1.08 bits per heavy atom. The summed E-state index contributed by atoms with van der Waals surface area (Å²) in [5.74, 6) is -0.739. The Kier molecular flexibility index (Phi) is 5.52. The van der Waals surface area contributed by atoms with Crippen molar-refractivity contribution in [2.45, 2.75) is 43.8 Å². The van der Waals surface area contributed by atoms with Crippen LogP contribution in [0.1, 0.15) is 38.5 Å². The molecule has 0 amide bonds. The van der Waals surface area contributed by atoms with Crippen molar-refractivity contribution in [1.82, 2.24) is 0 Å². The molecule has 7 nitrogen and oxygen atoms in total. The zero-order valence-corrected chi connectivity index (χ0v) is 14.3. The average Bonchev–Trinajstić information content (AvgIpc) is 2.55. The van der Waals surface area contributed by atoms with Crippen molar-refractivity contribution < 1.29 is 42.5 Å². The van der Waals surface area contributed by atoms with E-state index in [1.807, 2.05) is 0 Å². The quantitative estimate of drug-likeness (QED) is 0.297. The van der Waals surface area contributed by atoms with E-state index in [0.29, 0.717) is 17.8 Å². The van der Waals surface area contributed by atoms with E-state index < -0.39 is 35.8 Å². The number of ether oxygens (including phenoxy) is 2. The number of alkyl halides is 2. The molecule has 25 heavy (non-hydrogen) atoms. The molecule has 0 aromatic rings. The fourth-order valence-corrected chi connectivity index (χ4v) is 5.29. The maximum absolute atomic E-state index is 13.2. The van der Waals surface area contributed by atoms with Gasteiger partial charge in [-0.2, -0.15) is 8.78 Å². The fraction of sp³-hybridized carbons (Fsp3) is 0.867. The summed E-state index contributed by atoms with van der Waals surface area (Å²) in [6.45, 7) is -0.652. The van der Waals surface area contributed by atoms with Gasteiger partial charge < -0.3 is 9.47 Å². The molecule has 4 aliphatic carbocycles. The Labute approximate surface area is 147 Å². The summed E-state index contributed by atoms with van der Waals surface area (Å²) in [6.07, 6.45) is 6.91. The van der Waals surface area contributed by atoms with Gasteiger partial charge >= 0.3 is 17.2 Å². The van der Waals surface area contributed by atoms with Crippen LogP contribution in [0.25, 0.3) is 0 Å². The minimum absolute atomic E-state index is 0.000509. The first kappa shape index (κ1) is 18.8. The molecule has 10 heteroatoms. The fourth-order valence-electron chi connectivity index (χ4n) is 5.04. The second-order valence-corrected chi connectivity index (χ2v) is 8.21. The summed E-state index contributed by atoms with van der Waals surface area (Å²) in [5.41, 5.74) is 0.000509. The summed E-state index contributed by atoms with van der Waals surface area (Å²) in [4.78, 5) is 22.9. The van der Waals surface area contributed by atoms with Crippen LogP contribution in [0, 0.1) is 23.2 Å². The van der Waals surface area contributed by atoms with Crippen LogP contribution < -0.4 is 0 Å². The maximum Gasteiger partial charge on any atom is 0.415 e. The zero-order valence-electron chi connectivity index (χ0n) is 13.4. The van der Waals surface area contributed by atoms with Gasteiger partial charge in [0.2, 0.25) is 0 Å². The van der Waals surface area contributed by atoms with E-state index in [0.717, 1.165) is 19.3 Å². The third-order valence-corrected chi connectivity index (χ3v) is 5.94. The molecular weight excluding hydrogens is 362 g/mol. The molecule has 4 aliphatic rings. The third kappa shape index (κ3) is 4.42. The average molecular weight is 382 g/mol. The van der Waals surface area contributed by atoms with Crippen molar-refractivity contribution in [3.63, 3.8) is 0 Å². The molecule has 4 rings (SSSR count). The molecule has 4 saturated carbocycles. The van der Waals surface area contributed by atoms with E-state index in [1.165, 1.54) is 19.3 Å². The number of hydrogen-bond acceptors (Lipinski definition) is 8. The topological polar surface area (TPSA) is 91.3 Å². The highest BCUT2D eigenvalue weighted by Crippen LogP contribution is 2.60. The summed E-state index contributed by atoms with van der Waals surface area (Å²) in [5, 5.41) is 6.68. The van der Waals surface area contributed by atoms with Crippen molar-refractivity contribution in [3.8, 4) is 0 Å². The van der Waals surface area contributed by atoms with Crippen LogP contribution in [-0.4, -0.2) is 35.7 Å². The van der Waals surface area contributed by atoms with E-state index >= 15 is 0 Å². The number of rotatable bonds is 8. The number of carbonyl (C=O) groups is 2. The molecule has 4 fully saturated rings. The van der Waals surface area contributed by atoms with E-state index in [-0.39, 0.29) is 12.0 Å². The van der Waals surface area contributed by atoms with Gasteiger partial charge in [0.1, 0.15) is 12.0 Å². The third-order valence-electron chi connectivity index (χ3n) is 5.43. The Morgan fingerprint density at radius 2 is 1.64 bits per heavy atom. The lowest BCUT2D eigenvalue weighted by atomic mass is 9.50. The number of halogens is 2. The van der Waals surface area contributed by atoms with E-state index in [1.54, 1.807) is 0 Å². The van der Waals surface area contributed by atoms with Crippen LogP contribution in [-0.2, 0) is 28.4 Å². The normalized spacial score (nSPS) is 33.3. The number of esters is 2. The van der Waals surface area contributed by atoms with Gasteiger partial charge in [-0.1, -0.05) is 5.04 Å². The lowest BCUT2D eigenvalue weighted by Gasteiger charge is -2.56. The highest BCUT2D eigenvalue weighted by atomic mass is 32.2. The van der Waals surface area contributed by atoms with Gasteiger partial charge in [0.25, 0.3) is 0 Å². The molecule has 142 valence electrons. The molecule has 0 radical (unpaired) electrons. The summed E-state index contributed by atoms with van der Waals surface area (Å²) >= 11 is -0.742. The highest BCUT2D eigenvalue weighted by Gasteiger charge is 2.51. The minimum Gasteiger partial charge on any atom is -0.463 e. The van der Waals surface area contributed by atoms with Gasteiger partial charge in [-0.3, -0.25) is 0 Å². The predicted molar refractivity (Wildman–Crippen MR) is 79.9 cm³/mol. The van der Waals surface area contributed by atoms with Gasteiger partial charge in [0.05, 0.1) is 6.61 Å². The molecule has 0 spiro atoms. The summed E-state index contributed by atoms with van der Waals surface area (Å²) < 4.78 is 39.3. The first-order chi connectivity index (χ1) is 11.8. The second-order valence-electron chi connectivity index (χ2n) is 7.40. The number of carbonyl (C=O) groups excluding carboxylic acids is 2. The Bertz CT molecular complexity index is 493. The second kappa shape index (κ2) is 7.34. The van der Waals surface area contributed by atoms with Crippen LogP contribution in [0.3, 0.4) is 0 Å². The molecule has 0 aliphatic heterocycles. The Hall–Kier alpha value is -0.970. The molecule has 0 aromatic heterocycles. The molecular formula is C15H20F2O7S. The molecule has 0 unspecified atom stereocenters. The molecule has 4 bridgehead atoms. The van der Waals surface area contributed by atoms with Crippen molar-refractivity contribution >= 4 is 24.0 Å². The predicted octanol–water partition coefficient (Wildman–Crippen LogP) is 2.95. The lowest BCUT2D eigenvalue weighted by molar-refractivity contribution is -0.433. The van der Waals surface area contributed by atoms with Crippen LogP contribution in [0.2, 0.25) is 0 Å². The first-order valence-electron chi connectivity index (χ1n) is 8.18. The minimum atomic E-state index is -4.12. The molecule has 0 heterocycles. The highest BCUT2D eigenvalue weighted by molar-refractivity contribution is 7.96. The largest absolute Gasteiger partial charge is 0.463 e. The zero-order chi connectivity index (χ0) is 18.1. The SMILES string of the molecule is O=C(COC(=O)C(F)(F)SOOO)OCC12CC3CC(CC(C3)C1)C2. The van der Waals surface area contributed by atoms with E-state index in [9.17, 15) is 18.4 Å². The van der Waals surface area contributed by atoms with Crippen molar-refractivity contribution in [3.05, 3.63) is 0 Å². The van der Waals surface area contributed by atoms with Gasteiger partial charge in [-0.25, -0.2) is 14.8 Å². The Balaban J connectivity index is 1.42. The van der Waals surface area contributed by atoms with Crippen molar-refractivity contribution in [2.75, 3.05) is 13.2 Å². The van der Waals surface area contributed by atoms with Crippen molar-refractivity contribution in [2.24, 2.45) is 23.2 Å². The van der Waals surface area contributed by atoms with E-state index in [2.05, 4.69) is 14.1 Å². The summed E-state index contributed by atoms with van der Waals surface area (Å²) in [7, 11) is 0. The smallest absolute Gasteiger partial charge is 0.415 e. The van der Waals surface area contributed by atoms with Gasteiger partial charge in [-0.15, -0.1) is 4.33 Å². The summed E-state index contributed by atoms with van der Waals surface area (Å²) in [6, 6.07) is 0. The molecule has 0 atom stereocenters. The lowest BCUT2D eigenvalue weighted by Crippen LogP contribution is -2.48. The van der Waals surface area contributed by atoms with Crippen molar-refractivity contribution in [1.29, 1.82) is 0 Å². The standard InChI is InChI=1S/C15H20F2O7S/c16-15(17,25-24-23-20)13(19)21-7-12(18)22-8-14-4-9-1-10(5-14)3-11(2-9)6-14/h9-11,20H,1-8H2. The van der Waals surface area contributed by atoms with Crippen LogP contribution in [0.5, 0.6) is 0 Å². The number of hydrogen-bond donors (Lipinski definition) is 1. The van der Waals surface area contributed by atoms with E-state index in [4.69, 9.17) is 9.99 Å². The van der Waals surface area contributed by atoms with Gasteiger partial charge in [0, 0.05) is 5.41 Å². The monoisotopic (exact) mass is 382 g/mol. The molecule has 0 aromatic carbocycles. The van der Waals surface area contributed by atoms with Crippen LogP contribution in [0.4, 0.5) is 8.78 Å². The van der Waals surface area contributed by atoms with Crippen LogP contribution >= 0.6 is 12.0 Å². The molecule has 1 N–H and O–H groups in total.